The van der Waals surface area contributed by atoms with Crippen LogP contribution in [0.5, 0.6) is 0 Å². The standard InChI is InChI=1S/C17H23N3O3/c1-4-22-10-11-23-17(21)14-15(12(2)3)19-20(16(14)18)13-8-6-5-7-9-13/h5-9,12H,4,10-11,18H2,1-3H3. The lowest BCUT2D eigenvalue weighted by Crippen LogP contribution is -2.14. The molecule has 0 fully saturated rings. The molecule has 0 aliphatic rings. The molecule has 1 heterocycles. The van der Waals surface area contributed by atoms with Crippen molar-refractivity contribution in [3.63, 3.8) is 0 Å². The molecule has 0 radical (unpaired) electrons. The van der Waals surface area contributed by atoms with E-state index in [-0.39, 0.29) is 12.5 Å². The minimum atomic E-state index is -0.465. The van der Waals surface area contributed by atoms with Gasteiger partial charge >= 0.3 is 5.97 Å². The predicted octanol–water partition coefficient (Wildman–Crippen LogP) is 2.77. The van der Waals surface area contributed by atoms with Crippen molar-refractivity contribution in [2.24, 2.45) is 0 Å². The Balaban J connectivity index is 2.31. The summed E-state index contributed by atoms with van der Waals surface area (Å²) in [6.07, 6.45) is 0. The number of nitrogens with two attached hydrogens (primary N) is 1. The molecule has 0 amide bonds. The predicted molar refractivity (Wildman–Crippen MR) is 88.8 cm³/mol. The fourth-order valence-corrected chi connectivity index (χ4v) is 2.24. The Labute approximate surface area is 136 Å². The molecule has 6 nitrogen and oxygen atoms in total. The van der Waals surface area contributed by atoms with Crippen LogP contribution in [-0.2, 0) is 9.47 Å². The molecule has 0 bridgehead atoms. The Morgan fingerprint density at radius 1 is 1.26 bits per heavy atom. The number of rotatable bonds is 7. The van der Waals surface area contributed by atoms with Crippen LogP contribution < -0.4 is 5.73 Å². The molecule has 2 rings (SSSR count). The highest BCUT2D eigenvalue weighted by molar-refractivity contribution is 5.96. The van der Waals surface area contributed by atoms with Crippen molar-refractivity contribution < 1.29 is 14.3 Å². The van der Waals surface area contributed by atoms with Crippen LogP contribution in [0.1, 0.15) is 42.7 Å². The van der Waals surface area contributed by atoms with Gasteiger partial charge in [-0.1, -0.05) is 32.0 Å². The summed E-state index contributed by atoms with van der Waals surface area (Å²) in [4.78, 5) is 12.4. The van der Waals surface area contributed by atoms with Gasteiger partial charge in [0.25, 0.3) is 0 Å². The number of nitrogens with zero attached hydrogens (tertiary/aromatic N) is 2. The van der Waals surface area contributed by atoms with Crippen LogP contribution in [0.3, 0.4) is 0 Å². The zero-order chi connectivity index (χ0) is 16.8. The molecule has 23 heavy (non-hydrogen) atoms. The van der Waals surface area contributed by atoms with Gasteiger partial charge in [0.05, 0.1) is 18.0 Å². The summed E-state index contributed by atoms with van der Waals surface area (Å²) in [6, 6.07) is 9.47. The number of carbonyl (C=O) groups excluding carboxylic acids is 1. The van der Waals surface area contributed by atoms with Crippen molar-refractivity contribution in [1.82, 2.24) is 9.78 Å². The third-order valence-electron chi connectivity index (χ3n) is 3.36. The van der Waals surface area contributed by atoms with Gasteiger partial charge in [0.1, 0.15) is 18.0 Å². The number of esters is 1. The molecular formula is C17H23N3O3. The normalized spacial score (nSPS) is 11.0. The molecule has 2 aromatic rings. The largest absolute Gasteiger partial charge is 0.459 e. The highest BCUT2D eigenvalue weighted by Gasteiger charge is 2.25. The van der Waals surface area contributed by atoms with Gasteiger partial charge in [0, 0.05) is 6.61 Å². The lowest BCUT2D eigenvalue weighted by atomic mass is 10.1. The van der Waals surface area contributed by atoms with Crippen LogP contribution in [0, 0.1) is 0 Å². The van der Waals surface area contributed by atoms with Crippen molar-refractivity contribution in [2.45, 2.75) is 26.7 Å². The molecular weight excluding hydrogens is 294 g/mol. The number of benzene rings is 1. The van der Waals surface area contributed by atoms with Gasteiger partial charge < -0.3 is 15.2 Å². The molecule has 1 aromatic heterocycles. The van der Waals surface area contributed by atoms with Gasteiger partial charge in [-0.2, -0.15) is 5.10 Å². The Kier molecular flexibility index (Phi) is 5.76. The summed E-state index contributed by atoms with van der Waals surface area (Å²) in [6.45, 7) is 6.97. The van der Waals surface area contributed by atoms with E-state index in [1.54, 1.807) is 4.68 Å². The second-order valence-corrected chi connectivity index (χ2v) is 5.38. The highest BCUT2D eigenvalue weighted by atomic mass is 16.6. The lowest BCUT2D eigenvalue weighted by Gasteiger charge is -2.07. The molecule has 6 heteroatoms. The molecule has 0 aliphatic heterocycles. The monoisotopic (exact) mass is 317 g/mol. The molecule has 0 unspecified atom stereocenters. The molecule has 124 valence electrons. The molecule has 0 aliphatic carbocycles. The van der Waals surface area contributed by atoms with E-state index in [0.29, 0.717) is 30.3 Å². The summed E-state index contributed by atoms with van der Waals surface area (Å²) in [5, 5.41) is 4.50. The van der Waals surface area contributed by atoms with E-state index in [9.17, 15) is 4.79 Å². The fourth-order valence-electron chi connectivity index (χ4n) is 2.24. The van der Waals surface area contributed by atoms with E-state index in [1.165, 1.54) is 0 Å². The highest BCUT2D eigenvalue weighted by Crippen LogP contribution is 2.27. The lowest BCUT2D eigenvalue weighted by molar-refractivity contribution is 0.0335. The van der Waals surface area contributed by atoms with E-state index < -0.39 is 5.97 Å². The summed E-state index contributed by atoms with van der Waals surface area (Å²) in [5.74, 6) is -0.119. The number of ether oxygens (including phenoxy) is 2. The summed E-state index contributed by atoms with van der Waals surface area (Å²) >= 11 is 0. The zero-order valence-electron chi connectivity index (χ0n) is 13.8. The SMILES string of the molecule is CCOCCOC(=O)c1c(C(C)C)nn(-c2ccccc2)c1N. The number of hydrogen-bond acceptors (Lipinski definition) is 5. The van der Waals surface area contributed by atoms with E-state index in [2.05, 4.69) is 5.10 Å². The average molecular weight is 317 g/mol. The second-order valence-electron chi connectivity index (χ2n) is 5.38. The topological polar surface area (TPSA) is 79.4 Å². The molecule has 0 saturated heterocycles. The van der Waals surface area contributed by atoms with Crippen LogP contribution in [0.15, 0.2) is 30.3 Å². The second kappa shape index (κ2) is 7.78. The fraction of sp³-hybridized carbons (Fsp3) is 0.412. The number of aromatic nitrogens is 2. The van der Waals surface area contributed by atoms with E-state index in [1.807, 2.05) is 51.1 Å². The van der Waals surface area contributed by atoms with Crippen molar-refractivity contribution in [2.75, 3.05) is 25.6 Å². The van der Waals surface area contributed by atoms with Gasteiger partial charge in [0.15, 0.2) is 0 Å². The first-order chi connectivity index (χ1) is 11.1. The quantitative estimate of drug-likeness (QED) is 0.627. The van der Waals surface area contributed by atoms with Crippen molar-refractivity contribution in [3.05, 3.63) is 41.6 Å². The van der Waals surface area contributed by atoms with Gasteiger partial charge in [-0.05, 0) is 25.0 Å². The molecule has 0 spiro atoms. The van der Waals surface area contributed by atoms with E-state index >= 15 is 0 Å². The third kappa shape index (κ3) is 3.90. The molecule has 1 aromatic carbocycles. The molecule has 0 atom stereocenters. The van der Waals surface area contributed by atoms with Crippen LogP contribution in [-0.4, -0.2) is 35.6 Å². The number of anilines is 1. The maximum absolute atomic E-state index is 12.4. The maximum atomic E-state index is 12.4. The van der Waals surface area contributed by atoms with E-state index in [4.69, 9.17) is 15.2 Å². The smallest absolute Gasteiger partial charge is 0.343 e. The van der Waals surface area contributed by atoms with Crippen LogP contribution in [0.4, 0.5) is 5.82 Å². The van der Waals surface area contributed by atoms with Crippen molar-refractivity contribution in [1.29, 1.82) is 0 Å². The van der Waals surface area contributed by atoms with Crippen molar-refractivity contribution in [3.8, 4) is 5.69 Å². The molecule has 2 N–H and O–H groups in total. The number of nitrogen functional groups attached to an aromatic ring is 1. The summed E-state index contributed by atoms with van der Waals surface area (Å²) in [7, 11) is 0. The van der Waals surface area contributed by atoms with Gasteiger partial charge in [-0.25, -0.2) is 9.48 Å². The minimum Gasteiger partial charge on any atom is -0.459 e. The number of para-hydroxylation sites is 1. The van der Waals surface area contributed by atoms with Crippen LogP contribution in [0.2, 0.25) is 0 Å². The van der Waals surface area contributed by atoms with E-state index in [0.717, 1.165) is 5.69 Å². The van der Waals surface area contributed by atoms with Gasteiger partial charge in [0.2, 0.25) is 0 Å². The first-order valence-corrected chi connectivity index (χ1v) is 7.74. The first kappa shape index (κ1) is 17.0. The Bertz CT molecular complexity index is 651. The van der Waals surface area contributed by atoms with Gasteiger partial charge in [-0.3, -0.25) is 0 Å². The maximum Gasteiger partial charge on any atom is 0.343 e. The van der Waals surface area contributed by atoms with Crippen molar-refractivity contribution >= 4 is 11.8 Å². The minimum absolute atomic E-state index is 0.0525. The Morgan fingerprint density at radius 2 is 1.96 bits per heavy atom. The number of carbonyl (C=O) groups is 1. The Hall–Kier alpha value is -2.34. The van der Waals surface area contributed by atoms with Gasteiger partial charge in [-0.15, -0.1) is 0 Å². The average Bonchev–Trinajstić information content (AvgIpc) is 2.90. The van der Waals surface area contributed by atoms with Crippen LogP contribution >= 0.6 is 0 Å². The third-order valence-corrected chi connectivity index (χ3v) is 3.36. The zero-order valence-corrected chi connectivity index (χ0v) is 13.8. The van der Waals surface area contributed by atoms with Crippen LogP contribution in [0.25, 0.3) is 5.69 Å². The Morgan fingerprint density at radius 3 is 2.57 bits per heavy atom. The summed E-state index contributed by atoms with van der Waals surface area (Å²) in [5.41, 5.74) is 7.95. The molecule has 0 saturated carbocycles. The summed E-state index contributed by atoms with van der Waals surface area (Å²) < 4.78 is 12.0. The first-order valence-electron chi connectivity index (χ1n) is 7.74. The number of hydrogen-bond donors (Lipinski definition) is 1.